The van der Waals surface area contributed by atoms with Crippen LogP contribution < -0.4 is 10.2 Å². The first-order valence-electron chi connectivity index (χ1n) is 10.5. The molecule has 1 N–H and O–H groups in total. The third-order valence-corrected chi connectivity index (χ3v) is 5.64. The van der Waals surface area contributed by atoms with Crippen molar-refractivity contribution in [2.24, 2.45) is 5.92 Å². The van der Waals surface area contributed by atoms with Crippen molar-refractivity contribution in [2.75, 3.05) is 18.0 Å². The average molecular weight is 413 g/mol. The molecule has 0 unspecified atom stereocenters. The van der Waals surface area contributed by atoms with E-state index in [9.17, 15) is 4.79 Å². The minimum Gasteiger partial charge on any atom is -0.355 e. The number of carbonyl (C=O) groups excluding carboxylic acids is 1. The van der Waals surface area contributed by atoms with E-state index in [0.29, 0.717) is 12.2 Å². The topological polar surface area (TPSA) is 88.3 Å². The molecule has 0 spiro atoms. The molecular weight excluding hydrogens is 390 g/mol. The largest absolute Gasteiger partial charge is 0.355 e. The molecule has 1 saturated heterocycles. The van der Waals surface area contributed by atoms with Crippen molar-refractivity contribution >= 4 is 17.4 Å². The standard InChI is InChI=1S/C23H23N7O/c31-23(25-16-19-8-4-5-13-24-19)18-11-14-29(15-12-18)21-10-9-20-26-27-22(30(20)28-21)17-6-2-1-3-7-17/h1-10,13,18H,11-12,14-16H2,(H,25,31). The van der Waals surface area contributed by atoms with Gasteiger partial charge in [0.2, 0.25) is 5.91 Å². The predicted molar refractivity (Wildman–Crippen MR) is 117 cm³/mol. The monoisotopic (exact) mass is 413 g/mol. The summed E-state index contributed by atoms with van der Waals surface area (Å²) in [6.45, 7) is 2.03. The van der Waals surface area contributed by atoms with Crippen LogP contribution in [0.25, 0.3) is 17.0 Å². The first-order chi connectivity index (χ1) is 15.3. The summed E-state index contributed by atoms with van der Waals surface area (Å²) in [5.74, 6) is 1.70. The maximum Gasteiger partial charge on any atom is 0.223 e. The van der Waals surface area contributed by atoms with Gasteiger partial charge < -0.3 is 10.2 Å². The van der Waals surface area contributed by atoms with E-state index in [1.54, 1.807) is 10.7 Å². The molecule has 31 heavy (non-hydrogen) atoms. The van der Waals surface area contributed by atoms with Gasteiger partial charge in [-0.2, -0.15) is 4.52 Å². The lowest BCUT2D eigenvalue weighted by atomic mass is 9.96. The molecule has 5 rings (SSSR count). The van der Waals surface area contributed by atoms with Crippen LogP contribution in [-0.2, 0) is 11.3 Å². The summed E-state index contributed by atoms with van der Waals surface area (Å²) in [6.07, 6.45) is 3.33. The van der Waals surface area contributed by atoms with E-state index >= 15 is 0 Å². The molecule has 1 aliphatic rings. The maximum absolute atomic E-state index is 12.6. The Kier molecular flexibility index (Phi) is 5.26. The van der Waals surface area contributed by atoms with Crippen LogP contribution in [0.4, 0.5) is 5.82 Å². The molecule has 4 aromatic rings. The summed E-state index contributed by atoms with van der Waals surface area (Å²) in [5, 5.41) is 16.3. The molecule has 0 saturated carbocycles. The number of fused-ring (bicyclic) bond motifs is 1. The van der Waals surface area contributed by atoms with Gasteiger partial charge in [-0.1, -0.05) is 36.4 Å². The highest BCUT2D eigenvalue weighted by Gasteiger charge is 2.26. The van der Waals surface area contributed by atoms with Crippen molar-refractivity contribution in [1.82, 2.24) is 30.1 Å². The number of aromatic nitrogens is 5. The minimum atomic E-state index is 0.0125. The first-order valence-corrected chi connectivity index (χ1v) is 10.5. The molecule has 0 radical (unpaired) electrons. The Morgan fingerprint density at radius 3 is 2.55 bits per heavy atom. The second kappa shape index (κ2) is 8.51. The SMILES string of the molecule is O=C(NCc1ccccn1)C1CCN(c2ccc3nnc(-c4ccccc4)n3n2)CC1. The second-order valence-electron chi connectivity index (χ2n) is 7.65. The number of anilines is 1. The first kappa shape index (κ1) is 19.2. The van der Waals surface area contributed by atoms with E-state index in [-0.39, 0.29) is 11.8 Å². The van der Waals surface area contributed by atoms with Gasteiger partial charge in [-0.05, 0) is 37.1 Å². The number of rotatable bonds is 5. The van der Waals surface area contributed by atoms with Gasteiger partial charge in [0, 0.05) is 30.8 Å². The Labute approximate surface area is 179 Å². The Hall–Kier alpha value is -3.81. The fraction of sp³-hybridized carbons (Fsp3) is 0.261. The van der Waals surface area contributed by atoms with E-state index in [2.05, 4.69) is 25.4 Å². The van der Waals surface area contributed by atoms with E-state index in [0.717, 1.165) is 48.8 Å². The van der Waals surface area contributed by atoms with E-state index in [4.69, 9.17) is 5.10 Å². The van der Waals surface area contributed by atoms with Crippen LogP contribution in [-0.4, -0.2) is 43.8 Å². The second-order valence-corrected chi connectivity index (χ2v) is 7.65. The van der Waals surface area contributed by atoms with Gasteiger partial charge in [0.05, 0.1) is 12.2 Å². The summed E-state index contributed by atoms with van der Waals surface area (Å²) in [7, 11) is 0. The van der Waals surface area contributed by atoms with Crippen LogP contribution in [0.5, 0.6) is 0 Å². The number of carbonyl (C=O) groups is 1. The summed E-state index contributed by atoms with van der Waals surface area (Å²) in [4.78, 5) is 19.0. The number of pyridine rings is 1. The summed E-state index contributed by atoms with van der Waals surface area (Å²) >= 11 is 0. The highest BCUT2D eigenvalue weighted by molar-refractivity contribution is 5.78. The van der Waals surface area contributed by atoms with Crippen molar-refractivity contribution in [2.45, 2.75) is 19.4 Å². The van der Waals surface area contributed by atoms with E-state index in [1.807, 2.05) is 60.7 Å². The minimum absolute atomic E-state index is 0.0125. The molecule has 156 valence electrons. The summed E-state index contributed by atoms with van der Waals surface area (Å²) < 4.78 is 1.79. The van der Waals surface area contributed by atoms with Gasteiger partial charge in [0.15, 0.2) is 11.5 Å². The van der Waals surface area contributed by atoms with Crippen LogP contribution in [0, 0.1) is 5.92 Å². The Bertz CT molecular complexity index is 1170. The smallest absolute Gasteiger partial charge is 0.223 e. The van der Waals surface area contributed by atoms with Crippen molar-refractivity contribution in [1.29, 1.82) is 0 Å². The summed E-state index contributed by atoms with van der Waals surface area (Å²) in [6, 6.07) is 19.5. The van der Waals surface area contributed by atoms with Crippen LogP contribution in [0.1, 0.15) is 18.5 Å². The molecule has 8 heteroatoms. The van der Waals surface area contributed by atoms with Crippen LogP contribution in [0.2, 0.25) is 0 Å². The van der Waals surface area contributed by atoms with E-state index in [1.165, 1.54) is 0 Å². The number of benzene rings is 1. The van der Waals surface area contributed by atoms with Gasteiger partial charge in [0.1, 0.15) is 5.82 Å². The predicted octanol–water partition coefficient (Wildman–Crippen LogP) is 2.72. The van der Waals surface area contributed by atoms with Gasteiger partial charge in [-0.3, -0.25) is 9.78 Å². The Morgan fingerprint density at radius 1 is 0.968 bits per heavy atom. The zero-order chi connectivity index (χ0) is 21.0. The molecule has 1 fully saturated rings. The average Bonchev–Trinajstić information content (AvgIpc) is 3.27. The molecular formula is C23H23N7O. The van der Waals surface area contributed by atoms with Crippen molar-refractivity contribution in [3.05, 3.63) is 72.6 Å². The molecule has 8 nitrogen and oxygen atoms in total. The molecule has 0 aliphatic carbocycles. The number of hydrogen-bond donors (Lipinski definition) is 1. The van der Waals surface area contributed by atoms with Gasteiger partial charge in [-0.25, -0.2) is 0 Å². The highest BCUT2D eigenvalue weighted by Crippen LogP contribution is 2.24. The Morgan fingerprint density at radius 2 is 1.77 bits per heavy atom. The number of hydrogen-bond acceptors (Lipinski definition) is 6. The zero-order valence-corrected chi connectivity index (χ0v) is 17.1. The number of nitrogens with one attached hydrogen (secondary N) is 1. The highest BCUT2D eigenvalue weighted by atomic mass is 16.1. The number of amides is 1. The van der Waals surface area contributed by atoms with Crippen LogP contribution in [0.15, 0.2) is 66.9 Å². The zero-order valence-electron chi connectivity index (χ0n) is 17.1. The molecule has 1 amide bonds. The van der Waals surface area contributed by atoms with Crippen LogP contribution >= 0.6 is 0 Å². The molecule has 1 aromatic carbocycles. The number of nitrogens with zero attached hydrogens (tertiary/aromatic N) is 6. The van der Waals surface area contributed by atoms with Crippen LogP contribution in [0.3, 0.4) is 0 Å². The van der Waals surface area contributed by atoms with E-state index < -0.39 is 0 Å². The quantitative estimate of drug-likeness (QED) is 0.541. The lowest BCUT2D eigenvalue weighted by molar-refractivity contribution is -0.125. The van der Waals surface area contributed by atoms with Gasteiger partial charge >= 0.3 is 0 Å². The molecule has 1 aliphatic heterocycles. The molecule has 0 bridgehead atoms. The lowest BCUT2D eigenvalue weighted by Crippen LogP contribution is -2.40. The molecule has 4 heterocycles. The Balaban J connectivity index is 1.24. The molecule has 3 aromatic heterocycles. The third kappa shape index (κ3) is 4.09. The van der Waals surface area contributed by atoms with Crippen molar-refractivity contribution < 1.29 is 4.79 Å². The summed E-state index contributed by atoms with van der Waals surface area (Å²) in [5.41, 5.74) is 2.56. The lowest BCUT2D eigenvalue weighted by Gasteiger charge is -2.32. The van der Waals surface area contributed by atoms with Gasteiger partial charge in [0.25, 0.3) is 0 Å². The fourth-order valence-electron chi connectivity index (χ4n) is 3.91. The maximum atomic E-state index is 12.6. The number of piperidine rings is 1. The van der Waals surface area contributed by atoms with Crippen molar-refractivity contribution in [3.8, 4) is 11.4 Å². The molecule has 0 atom stereocenters. The van der Waals surface area contributed by atoms with Crippen molar-refractivity contribution in [3.63, 3.8) is 0 Å². The fourth-order valence-corrected chi connectivity index (χ4v) is 3.91. The normalized spacial score (nSPS) is 14.6. The van der Waals surface area contributed by atoms with Gasteiger partial charge in [-0.15, -0.1) is 15.3 Å². The third-order valence-electron chi connectivity index (χ3n) is 5.64.